The highest BCUT2D eigenvalue weighted by atomic mass is 79.9. The van der Waals surface area contributed by atoms with E-state index >= 15 is 0 Å². The first-order chi connectivity index (χ1) is 5.81. The summed E-state index contributed by atoms with van der Waals surface area (Å²) < 4.78 is 1.97. The van der Waals surface area contributed by atoms with Gasteiger partial charge in [-0.15, -0.1) is 11.3 Å². The second-order valence-corrected chi connectivity index (χ2v) is 4.17. The van der Waals surface area contributed by atoms with Gasteiger partial charge in [-0.1, -0.05) is 6.07 Å². The van der Waals surface area contributed by atoms with Gasteiger partial charge in [0.05, 0.1) is 10.2 Å². The zero-order chi connectivity index (χ0) is 8.55. The van der Waals surface area contributed by atoms with Gasteiger partial charge in [-0.05, 0) is 28.1 Å². The highest BCUT2D eigenvalue weighted by molar-refractivity contribution is 9.10. The average Bonchev–Trinajstić information content (AvgIpc) is 2.49. The van der Waals surface area contributed by atoms with Crippen LogP contribution in [0.3, 0.4) is 0 Å². The van der Waals surface area contributed by atoms with Crippen LogP contribution in [0.1, 0.15) is 9.80 Å². The molecule has 0 N–H and O–H groups in total. The normalized spacial score (nSPS) is 10.4. The summed E-state index contributed by atoms with van der Waals surface area (Å²) in [6, 6.07) is 5.79. The van der Waals surface area contributed by atoms with Crippen molar-refractivity contribution in [3.05, 3.63) is 27.7 Å². The Morgan fingerprint density at radius 1 is 1.50 bits per heavy atom. The van der Waals surface area contributed by atoms with Crippen LogP contribution in [0, 0.1) is 0 Å². The molecule has 1 aromatic heterocycles. The summed E-state index contributed by atoms with van der Waals surface area (Å²) in [4.78, 5) is 14.6. The minimum atomic E-state index is 0.525. The molecule has 60 valence electrons. The first-order valence-corrected chi connectivity index (χ1v) is 4.92. The van der Waals surface area contributed by atoms with Crippen LogP contribution in [0.15, 0.2) is 22.7 Å². The van der Waals surface area contributed by atoms with Gasteiger partial charge in [0, 0.05) is 4.47 Å². The van der Waals surface area contributed by atoms with Crippen LogP contribution in [0.25, 0.3) is 10.2 Å². The maximum Gasteiger partial charge on any atom is 0.178 e. The van der Waals surface area contributed by atoms with Gasteiger partial charge in [0.1, 0.15) is 0 Å². The van der Waals surface area contributed by atoms with Gasteiger partial charge in [-0.25, -0.2) is 4.98 Å². The maximum atomic E-state index is 10.4. The van der Waals surface area contributed by atoms with Crippen molar-refractivity contribution in [1.82, 2.24) is 4.98 Å². The zero-order valence-electron chi connectivity index (χ0n) is 5.95. The van der Waals surface area contributed by atoms with Gasteiger partial charge in [0.2, 0.25) is 0 Å². The molecule has 0 bridgehead atoms. The molecule has 2 nitrogen and oxygen atoms in total. The molecule has 0 atom stereocenters. The molecule has 12 heavy (non-hydrogen) atoms. The fourth-order valence-corrected chi connectivity index (χ4v) is 2.38. The number of fused-ring (bicyclic) bond motifs is 1. The van der Waals surface area contributed by atoms with Gasteiger partial charge in [0.25, 0.3) is 0 Å². The van der Waals surface area contributed by atoms with Crippen LogP contribution < -0.4 is 0 Å². The number of benzene rings is 1. The van der Waals surface area contributed by atoms with Crippen molar-refractivity contribution < 1.29 is 4.79 Å². The summed E-state index contributed by atoms with van der Waals surface area (Å²) in [6.07, 6.45) is 0.775. The van der Waals surface area contributed by atoms with E-state index in [4.69, 9.17) is 0 Å². The fourth-order valence-electron chi connectivity index (χ4n) is 0.982. The molecule has 2 rings (SSSR count). The predicted octanol–water partition coefficient (Wildman–Crippen LogP) is 2.87. The second-order valence-electron chi connectivity index (χ2n) is 2.26. The number of halogens is 1. The molecule has 0 aliphatic heterocycles. The largest absolute Gasteiger partial charge is 0.295 e. The van der Waals surface area contributed by atoms with E-state index in [1.807, 2.05) is 18.2 Å². The molecule has 0 saturated heterocycles. The van der Waals surface area contributed by atoms with Gasteiger partial charge in [0.15, 0.2) is 11.3 Å². The number of para-hydroxylation sites is 1. The number of nitrogens with zero attached hydrogens (tertiary/aromatic N) is 1. The minimum Gasteiger partial charge on any atom is -0.295 e. The Balaban J connectivity index is 2.82. The summed E-state index contributed by atoms with van der Waals surface area (Å²) >= 11 is 4.77. The summed E-state index contributed by atoms with van der Waals surface area (Å²) in [5.41, 5.74) is 0.865. The average molecular weight is 242 g/mol. The van der Waals surface area contributed by atoms with Crippen molar-refractivity contribution in [1.29, 1.82) is 0 Å². The third-order valence-corrected chi connectivity index (χ3v) is 3.07. The molecule has 0 aliphatic rings. The van der Waals surface area contributed by atoms with E-state index in [1.54, 1.807) is 0 Å². The molecule has 0 amide bonds. The lowest BCUT2D eigenvalue weighted by Crippen LogP contribution is -1.74. The molecular formula is C8H4BrNOS. The Morgan fingerprint density at radius 3 is 3.00 bits per heavy atom. The molecule has 2 aromatic rings. The molecule has 0 saturated carbocycles. The maximum absolute atomic E-state index is 10.4. The molecule has 0 unspecified atom stereocenters. The number of aromatic nitrogens is 1. The fraction of sp³-hybridized carbons (Fsp3) is 0. The smallest absolute Gasteiger partial charge is 0.178 e. The molecule has 0 spiro atoms. The van der Waals surface area contributed by atoms with Gasteiger partial charge in [-0.3, -0.25) is 4.79 Å². The minimum absolute atomic E-state index is 0.525. The van der Waals surface area contributed by atoms with Crippen LogP contribution in [-0.2, 0) is 0 Å². The van der Waals surface area contributed by atoms with Crippen LogP contribution in [0.5, 0.6) is 0 Å². The number of carbonyl (C=O) groups is 1. The quantitative estimate of drug-likeness (QED) is 0.719. The Kier molecular flexibility index (Phi) is 1.94. The van der Waals surface area contributed by atoms with Crippen LogP contribution in [-0.4, -0.2) is 11.3 Å². The lowest BCUT2D eigenvalue weighted by Gasteiger charge is -1.88. The lowest BCUT2D eigenvalue weighted by molar-refractivity contribution is 0.112. The molecule has 0 fully saturated rings. The number of hydrogen-bond acceptors (Lipinski definition) is 3. The lowest BCUT2D eigenvalue weighted by atomic mass is 10.3. The number of carbonyl (C=O) groups excluding carboxylic acids is 1. The van der Waals surface area contributed by atoms with E-state index < -0.39 is 0 Å². The van der Waals surface area contributed by atoms with Crippen molar-refractivity contribution in [2.24, 2.45) is 0 Å². The van der Waals surface area contributed by atoms with Crippen LogP contribution in [0.2, 0.25) is 0 Å². The number of aldehydes is 1. The summed E-state index contributed by atoms with van der Waals surface area (Å²) in [7, 11) is 0. The molecule has 4 heteroatoms. The summed E-state index contributed by atoms with van der Waals surface area (Å²) in [5.74, 6) is 0. The monoisotopic (exact) mass is 241 g/mol. The molecule has 0 aliphatic carbocycles. The highest BCUT2D eigenvalue weighted by Gasteiger charge is 2.04. The number of thiazole rings is 1. The van der Waals surface area contributed by atoms with E-state index in [1.165, 1.54) is 11.3 Å². The van der Waals surface area contributed by atoms with Crippen molar-refractivity contribution in [2.75, 3.05) is 0 Å². The predicted molar refractivity (Wildman–Crippen MR) is 52.7 cm³/mol. The Hall–Kier alpha value is -0.740. The summed E-state index contributed by atoms with van der Waals surface area (Å²) in [5, 5.41) is 0.525. The second kappa shape index (κ2) is 2.95. The SMILES string of the molecule is O=Cc1nc2c(Br)cccc2s1. The number of rotatable bonds is 1. The van der Waals surface area contributed by atoms with E-state index in [2.05, 4.69) is 20.9 Å². The van der Waals surface area contributed by atoms with Crippen molar-refractivity contribution in [2.45, 2.75) is 0 Å². The van der Waals surface area contributed by atoms with E-state index in [-0.39, 0.29) is 0 Å². The first kappa shape index (κ1) is 7.89. The third-order valence-electron chi connectivity index (χ3n) is 1.49. The van der Waals surface area contributed by atoms with E-state index in [0.29, 0.717) is 5.01 Å². The standard InChI is InChI=1S/C8H4BrNOS/c9-5-2-1-3-6-8(5)10-7(4-11)12-6/h1-4H. The number of hydrogen-bond donors (Lipinski definition) is 0. The Labute approximate surface area is 81.4 Å². The molecule has 1 heterocycles. The van der Waals surface area contributed by atoms with Gasteiger partial charge < -0.3 is 0 Å². The Morgan fingerprint density at radius 2 is 2.33 bits per heavy atom. The third kappa shape index (κ3) is 1.17. The Bertz CT molecular complexity index is 438. The van der Waals surface area contributed by atoms with Gasteiger partial charge >= 0.3 is 0 Å². The van der Waals surface area contributed by atoms with Crippen molar-refractivity contribution in [3.8, 4) is 0 Å². The highest BCUT2D eigenvalue weighted by Crippen LogP contribution is 2.27. The van der Waals surface area contributed by atoms with Crippen molar-refractivity contribution >= 4 is 43.8 Å². The van der Waals surface area contributed by atoms with Crippen molar-refractivity contribution in [3.63, 3.8) is 0 Å². The first-order valence-electron chi connectivity index (χ1n) is 3.31. The van der Waals surface area contributed by atoms with Gasteiger partial charge in [-0.2, -0.15) is 0 Å². The van der Waals surface area contributed by atoms with E-state index in [9.17, 15) is 4.79 Å². The van der Waals surface area contributed by atoms with Crippen LogP contribution >= 0.6 is 27.3 Å². The van der Waals surface area contributed by atoms with E-state index in [0.717, 1.165) is 21.0 Å². The van der Waals surface area contributed by atoms with Crippen LogP contribution in [0.4, 0.5) is 0 Å². The topological polar surface area (TPSA) is 30.0 Å². The molecule has 1 aromatic carbocycles. The zero-order valence-corrected chi connectivity index (χ0v) is 8.35. The molecular weight excluding hydrogens is 238 g/mol. The molecule has 0 radical (unpaired) electrons. The summed E-state index contributed by atoms with van der Waals surface area (Å²) in [6.45, 7) is 0.